The number of nitrogens with one attached hydrogen (secondary N) is 1. The van der Waals surface area contributed by atoms with E-state index in [1.165, 1.54) is 16.5 Å². The van der Waals surface area contributed by atoms with Gasteiger partial charge in [0.25, 0.3) is 0 Å². The van der Waals surface area contributed by atoms with Crippen LogP contribution in [0.2, 0.25) is 0 Å². The van der Waals surface area contributed by atoms with E-state index in [4.69, 9.17) is 11.0 Å². The number of nitrogens with zero attached hydrogens (tertiary/aromatic N) is 1. The number of nitriles is 1. The predicted octanol–water partition coefficient (Wildman–Crippen LogP) is 2.57. The zero-order valence-corrected chi connectivity index (χ0v) is 9.79. The first kappa shape index (κ1) is 11.8. The molecule has 4 heteroatoms. The number of nitrogens with two attached hydrogens (primary N) is 1. The van der Waals surface area contributed by atoms with Crippen molar-refractivity contribution in [3.63, 3.8) is 0 Å². The summed E-state index contributed by atoms with van der Waals surface area (Å²) in [6, 6.07) is 6.22. The number of aromatic amines is 1. The van der Waals surface area contributed by atoms with E-state index in [9.17, 15) is 0 Å². The topological polar surface area (TPSA) is 65.6 Å². The summed E-state index contributed by atoms with van der Waals surface area (Å²) in [6.07, 6.45) is 2.96. The van der Waals surface area contributed by atoms with E-state index in [0.717, 1.165) is 10.9 Å². The third-order valence-corrected chi connectivity index (χ3v) is 2.64. The molecule has 78 valence electrons. The molecule has 1 aromatic carbocycles. The zero-order valence-electron chi connectivity index (χ0n) is 8.20. The second kappa shape index (κ2) is 5.54. The van der Waals surface area contributed by atoms with Gasteiger partial charge >= 0.3 is 0 Å². The lowest BCUT2D eigenvalue weighted by molar-refractivity contribution is 0.976. The molecule has 3 N–H and O–H groups in total. The Morgan fingerprint density at radius 3 is 2.80 bits per heavy atom. The second-order valence-corrected chi connectivity index (χ2v) is 3.96. The lowest BCUT2D eigenvalue weighted by atomic mass is 10.1. The summed E-state index contributed by atoms with van der Waals surface area (Å²) in [5.41, 5.74) is 7.99. The standard InChI is InChI=1S/C10H11BrN2.CHN/c11-8-1-2-10-9(5-8)7(3-4-12)6-13-10;1-2/h1-2,5-6,13H,3-4,12H2;1H. The molecule has 1 aromatic heterocycles. The summed E-state index contributed by atoms with van der Waals surface area (Å²) in [7, 11) is 0. The molecule has 0 saturated carbocycles. The van der Waals surface area contributed by atoms with Crippen LogP contribution in [0, 0.1) is 11.8 Å². The predicted molar refractivity (Wildman–Crippen MR) is 65.4 cm³/mol. The van der Waals surface area contributed by atoms with E-state index in [1.54, 1.807) is 0 Å². The number of rotatable bonds is 2. The van der Waals surface area contributed by atoms with Gasteiger partial charge in [0.05, 0.1) is 0 Å². The molecule has 0 unspecified atom stereocenters. The zero-order chi connectivity index (χ0) is 11.3. The van der Waals surface area contributed by atoms with Crippen molar-refractivity contribution in [1.82, 2.24) is 4.98 Å². The third kappa shape index (κ3) is 2.58. The van der Waals surface area contributed by atoms with Gasteiger partial charge in [-0.05, 0) is 36.7 Å². The molecule has 15 heavy (non-hydrogen) atoms. The van der Waals surface area contributed by atoms with Gasteiger partial charge in [0.1, 0.15) is 0 Å². The van der Waals surface area contributed by atoms with Gasteiger partial charge in [-0.2, -0.15) is 0 Å². The maximum atomic E-state index is 6.50. The van der Waals surface area contributed by atoms with Gasteiger partial charge in [0, 0.05) is 28.1 Å². The first-order chi connectivity index (χ1) is 7.31. The SMILES string of the molecule is C#N.NCCc1c[nH]c2ccc(Br)cc12. The molecule has 0 saturated heterocycles. The number of benzene rings is 1. The molecule has 0 aliphatic rings. The Balaban J connectivity index is 0.000000531. The van der Waals surface area contributed by atoms with Crippen LogP contribution in [0.5, 0.6) is 0 Å². The molecule has 0 spiro atoms. The highest BCUT2D eigenvalue weighted by molar-refractivity contribution is 9.10. The molecule has 3 nitrogen and oxygen atoms in total. The minimum Gasteiger partial charge on any atom is -0.361 e. The first-order valence-corrected chi connectivity index (χ1v) is 5.32. The molecule has 0 radical (unpaired) electrons. The number of H-pyrrole nitrogens is 1. The van der Waals surface area contributed by atoms with Crippen LogP contribution in [-0.2, 0) is 6.42 Å². The number of halogens is 1. The fourth-order valence-electron chi connectivity index (χ4n) is 1.51. The maximum absolute atomic E-state index is 6.50. The van der Waals surface area contributed by atoms with Crippen molar-refractivity contribution < 1.29 is 0 Å². The Labute approximate surface area is 97.0 Å². The highest BCUT2D eigenvalue weighted by atomic mass is 79.9. The van der Waals surface area contributed by atoms with Gasteiger partial charge in [-0.25, -0.2) is 5.26 Å². The summed E-state index contributed by atoms with van der Waals surface area (Å²) in [5.74, 6) is 0. The van der Waals surface area contributed by atoms with Crippen molar-refractivity contribution >= 4 is 26.8 Å². The average Bonchev–Trinajstić information content (AvgIpc) is 2.65. The molecular formula is C11H12BrN3. The van der Waals surface area contributed by atoms with Crippen LogP contribution in [0.25, 0.3) is 10.9 Å². The summed E-state index contributed by atoms with van der Waals surface area (Å²) in [4.78, 5) is 3.22. The van der Waals surface area contributed by atoms with Crippen molar-refractivity contribution in [3.05, 3.63) is 34.4 Å². The van der Waals surface area contributed by atoms with Gasteiger partial charge in [0.2, 0.25) is 0 Å². The van der Waals surface area contributed by atoms with E-state index in [0.29, 0.717) is 6.54 Å². The lowest BCUT2D eigenvalue weighted by Gasteiger charge is -1.96. The fraction of sp³-hybridized carbons (Fsp3) is 0.182. The minimum absolute atomic E-state index is 0.694. The molecule has 1 heterocycles. The van der Waals surface area contributed by atoms with Gasteiger partial charge in [-0.3, -0.25) is 0 Å². The van der Waals surface area contributed by atoms with Gasteiger partial charge in [-0.15, -0.1) is 0 Å². The number of hydrogen-bond acceptors (Lipinski definition) is 2. The first-order valence-electron chi connectivity index (χ1n) is 4.52. The Morgan fingerprint density at radius 1 is 1.40 bits per heavy atom. The highest BCUT2D eigenvalue weighted by Gasteiger charge is 2.02. The third-order valence-electron chi connectivity index (χ3n) is 2.14. The summed E-state index contributed by atoms with van der Waals surface area (Å²) in [6.45, 7) is 4.19. The Morgan fingerprint density at radius 2 is 2.13 bits per heavy atom. The van der Waals surface area contributed by atoms with Crippen LogP contribution in [0.4, 0.5) is 0 Å². The number of hydrogen-bond donors (Lipinski definition) is 2. The van der Waals surface area contributed by atoms with E-state index >= 15 is 0 Å². The van der Waals surface area contributed by atoms with Crippen molar-refractivity contribution in [1.29, 1.82) is 5.26 Å². The van der Waals surface area contributed by atoms with Crippen LogP contribution in [0.1, 0.15) is 5.56 Å². The highest BCUT2D eigenvalue weighted by Crippen LogP contribution is 2.22. The molecule has 0 bridgehead atoms. The number of fused-ring (bicyclic) bond motifs is 1. The normalized spacial score (nSPS) is 9.60. The monoisotopic (exact) mass is 265 g/mol. The van der Waals surface area contributed by atoms with Crippen molar-refractivity contribution in [3.8, 4) is 6.57 Å². The van der Waals surface area contributed by atoms with Crippen molar-refractivity contribution in [2.75, 3.05) is 6.54 Å². The van der Waals surface area contributed by atoms with Crippen LogP contribution < -0.4 is 5.73 Å². The van der Waals surface area contributed by atoms with Gasteiger partial charge in [-0.1, -0.05) is 15.9 Å². The van der Waals surface area contributed by atoms with Crippen molar-refractivity contribution in [2.24, 2.45) is 5.73 Å². The summed E-state index contributed by atoms with van der Waals surface area (Å²) in [5, 5.41) is 7.76. The van der Waals surface area contributed by atoms with Crippen LogP contribution in [0.3, 0.4) is 0 Å². The largest absolute Gasteiger partial charge is 0.361 e. The Hall–Kier alpha value is -1.31. The second-order valence-electron chi connectivity index (χ2n) is 3.04. The smallest absolute Gasteiger partial charge is 0.0462 e. The maximum Gasteiger partial charge on any atom is 0.0462 e. The molecule has 0 fully saturated rings. The molecule has 0 aliphatic carbocycles. The quantitative estimate of drug-likeness (QED) is 0.877. The van der Waals surface area contributed by atoms with Gasteiger partial charge in [0.15, 0.2) is 0 Å². The molecule has 0 amide bonds. The van der Waals surface area contributed by atoms with Crippen LogP contribution in [0.15, 0.2) is 28.9 Å². The molecule has 2 aromatic rings. The lowest BCUT2D eigenvalue weighted by Crippen LogP contribution is -2.01. The Bertz CT molecular complexity index is 459. The Kier molecular flexibility index (Phi) is 4.35. The molecule has 0 atom stereocenters. The van der Waals surface area contributed by atoms with E-state index in [-0.39, 0.29) is 0 Å². The molecule has 0 aliphatic heterocycles. The number of aromatic nitrogens is 1. The fourth-order valence-corrected chi connectivity index (χ4v) is 1.87. The van der Waals surface area contributed by atoms with E-state index in [2.05, 4.69) is 39.6 Å². The molecular weight excluding hydrogens is 254 g/mol. The van der Waals surface area contributed by atoms with Crippen molar-refractivity contribution in [2.45, 2.75) is 6.42 Å². The van der Waals surface area contributed by atoms with Crippen LogP contribution in [-0.4, -0.2) is 11.5 Å². The summed E-state index contributed by atoms with van der Waals surface area (Å²) < 4.78 is 1.11. The van der Waals surface area contributed by atoms with E-state index in [1.807, 2.05) is 12.3 Å². The van der Waals surface area contributed by atoms with E-state index < -0.39 is 0 Å². The van der Waals surface area contributed by atoms with Crippen LogP contribution >= 0.6 is 15.9 Å². The minimum atomic E-state index is 0.694. The average molecular weight is 266 g/mol. The van der Waals surface area contributed by atoms with Gasteiger partial charge < -0.3 is 10.7 Å². The molecule has 2 rings (SSSR count). The summed E-state index contributed by atoms with van der Waals surface area (Å²) >= 11 is 3.46.